The number of alkyl halides is 3. The molecule has 0 bridgehead atoms. The molecule has 2 aromatic heterocycles. The summed E-state index contributed by atoms with van der Waals surface area (Å²) in [5, 5.41) is 17.8. The van der Waals surface area contributed by atoms with Crippen LogP contribution >= 0.6 is 0 Å². The summed E-state index contributed by atoms with van der Waals surface area (Å²) in [5.41, 5.74) is 1.11. The van der Waals surface area contributed by atoms with Crippen molar-refractivity contribution in [2.45, 2.75) is 6.18 Å². The van der Waals surface area contributed by atoms with Crippen molar-refractivity contribution in [2.24, 2.45) is 0 Å². The molecule has 0 saturated carbocycles. The van der Waals surface area contributed by atoms with Crippen LogP contribution in [0.3, 0.4) is 0 Å². The SMILES string of the molecule is Nc1cc(C(F)(F)F)c(-c2ccnc(C(=O)O)c2)nc1C(=O)O. The molecule has 0 fully saturated rings. The number of nitrogens with two attached hydrogens (primary N) is 1. The van der Waals surface area contributed by atoms with Crippen LogP contribution in [-0.2, 0) is 6.18 Å². The van der Waals surface area contributed by atoms with Crippen molar-refractivity contribution in [3.63, 3.8) is 0 Å². The molecule has 7 nitrogen and oxygen atoms in total. The first-order valence-electron chi connectivity index (χ1n) is 5.92. The summed E-state index contributed by atoms with van der Waals surface area (Å²) >= 11 is 0. The zero-order valence-electron chi connectivity index (χ0n) is 11.1. The largest absolute Gasteiger partial charge is 0.477 e. The smallest absolute Gasteiger partial charge is 0.418 e. The van der Waals surface area contributed by atoms with E-state index in [0.29, 0.717) is 6.07 Å². The highest BCUT2D eigenvalue weighted by atomic mass is 19.4. The van der Waals surface area contributed by atoms with E-state index in [0.717, 1.165) is 18.3 Å². The summed E-state index contributed by atoms with van der Waals surface area (Å²) in [6.45, 7) is 0. The number of carboxylic acids is 2. The van der Waals surface area contributed by atoms with Crippen LogP contribution in [0.5, 0.6) is 0 Å². The molecule has 0 aliphatic carbocycles. The maximum absolute atomic E-state index is 13.1. The van der Waals surface area contributed by atoms with Crippen LogP contribution in [-0.4, -0.2) is 32.1 Å². The van der Waals surface area contributed by atoms with Gasteiger partial charge in [0.05, 0.1) is 16.9 Å². The van der Waals surface area contributed by atoms with E-state index in [2.05, 4.69) is 9.97 Å². The number of nitrogen functional groups attached to an aromatic ring is 1. The molecular weight excluding hydrogens is 319 g/mol. The molecule has 4 N–H and O–H groups in total. The van der Waals surface area contributed by atoms with Gasteiger partial charge in [0.15, 0.2) is 5.69 Å². The average molecular weight is 327 g/mol. The molecule has 0 spiro atoms. The van der Waals surface area contributed by atoms with Crippen molar-refractivity contribution in [1.82, 2.24) is 9.97 Å². The van der Waals surface area contributed by atoms with Gasteiger partial charge in [-0.1, -0.05) is 0 Å². The van der Waals surface area contributed by atoms with E-state index in [-0.39, 0.29) is 5.56 Å². The monoisotopic (exact) mass is 327 g/mol. The van der Waals surface area contributed by atoms with E-state index < -0.39 is 46.4 Å². The number of rotatable bonds is 3. The van der Waals surface area contributed by atoms with Gasteiger partial charge in [-0.3, -0.25) is 0 Å². The minimum atomic E-state index is -4.86. The number of aromatic carboxylic acids is 2. The van der Waals surface area contributed by atoms with Crippen molar-refractivity contribution in [3.8, 4) is 11.3 Å². The number of nitrogens with zero attached hydrogens (tertiary/aromatic N) is 2. The van der Waals surface area contributed by atoms with Crippen molar-refractivity contribution >= 4 is 17.6 Å². The third-order valence-electron chi connectivity index (χ3n) is 2.81. The molecular formula is C13H8F3N3O4. The van der Waals surface area contributed by atoms with Crippen LogP contribution in [0, 0.1) is 0 Å². The number of halogens is 3. The third kappa shape index (κ3) is 3.20. The summed E-state index contributed by atoms with van der Waals surface area (Å²) in [4.78, 5) is 28.8. The van der Waals surface area contributed by atoms with Crippen molar-refractivity contribution in [1.29, 1.82) is 0 Å². The highest BCUT2D eigenvalue weighted by Gasteiger charge is 2.36. The highest BCUT2D eigenvalue weighted by Crippen LogP contribution is 2.37. The minimum absolute atomic E-state index is 0.243. The van der Waals surface area contributed by atoms with Crippen LogP contribution in [0.2, 0.25) is 0 Å². The second-order valence-electron chi connectivity index (χ2n) is 4.36. The minimum Gasteiger partial charge on any atom is -0.477 e. The van der Waals surface area contributed by atoms with E-state index in [1.807, 2.05) is 0 Å². The molecule has 0 amide bonds. The Morgan fingerprint density at radius 3 is 2.30 bits per heavy atom. The van der Waals surface area contributed by atoms with Crippen LogP contribution in [0.15, 0.2) is 24.4 Å². The Hall–Kier alpha value is -3.17. The first-order chi connectivity index (χ1) is 10.6. The summed E-state index contributed by atoms with van der Waals surface area (Å²) in [6, 6.07) is 2.40. The molecule has 2 rings (SSSR count). The molecule has 10 heteroatoms. The molecule has 0 aromatic carbocycles. The topological polar surface area (TPSA) is 126 Å². The predicted molar refractivity (Wildman–Crippen MR) is 70.8 cm³/mol. The lowest BCUT2D eigenvalue weighted by atomic mass is 10.0. The van der Waals surface area contributed by atoms with Gasteiger partial charge in [-0.25, -0.2) is 19.6 Å². The Morgan fingerprint density at radius 1 is 1.13 bits per heavy atom. The Kier molecular flexibility index (Phi) is 3.91. The van der Waals surface area contributed by atoms with E-state index in [1.165, 1.54) is 0 Å². The number of aromatic nitrogens is 2. The average Bonchev–Trinajstić information content (AvgIpc) is 2.45. The lowest BCUT2D eigenvalue weighted by molar-refractivity contribution is -0.137. The first kappa shape index (κ1) is 16.2. The molecule has 0 atom stereocenters. The normalized spacial score (nSPS) is 11.3. The van der Waals surface area contributed by atoms with Gasteiger partial charge in [0.25, 0.3) is 0 Å². The van der Waals surface area contributed by atoms with Gasteiger partial charge in [-0.05, 0) is 18.2 Å². The second kappa shape index (κ2) is 5.55. The van der Waals surface area contributed by atoms with Gasteiger partial charge in [0, 0.05) is 11.8 Å². The lowest BCUT2D eigenvalue weighted by Crippen LogP contribution is -2.14. The van der Waals surface area contributed by atoms with Gasteiger partial charge in [0.2, 0.25) is 0 Å². The zero-order valence-corrected chi connectivity index (χ0v) is 11.1. The van der Waals surface area contributed by atoms with Gasteiger partial charge < -0.3 is 15.9 Å². The summed E-state index contributed by atoms with van der Waals surface area (Å²) in [6.07, 6.45) is -3.88. The Bertz CT molecular complexity index is 806. The number of hydrogen-bond donors (Lipinski definition) is 3. The molecule has 2 aromatic rings. The number of hydrogen-bond acceptors (Lipinski definition) is 5. The summed E-state index contributed by atoms with van der Waals surface area (Å²) < 4.78 is 39.4. The van der Waals surface area contributed by atoms with E-state index >= 15 is 0 Å². The maximum Gasteiger partial charge on any atom is 0.418 e. The Labute approximate surface area is 126 Å². The van der Waals surface area contributed by atoms with Crippen molar-refractivity contribution in [3.05, 3.63) is 41.3 Å². The van der Waals surface area contributed by atoms with Crippen LogP contribution in [0.4, 0.5) is 18.9 Å². The van der Waals surface area contributed by atoms with Gasteiger partial charge in [-0.2, -0.15) is 13.2 Å². The van der Waals surface area contributed by atoms with E-state index in [9.17, 15) is 22.8 Å². The van der Waals surface area contributed by atoms with Gasteiger partial charge in [-0.15, -0.1) is 0 Å². The summed E-state index contributed by atoms with van der Waals surface area (Å²) in [7, 11) is 0. The molecule has 0 aliphatic rings. The first-order valence-corrected chi connectivity index (χ1v) is 5.92. The van der Waals surface area contributed by atoms with Gasteiger partial charge >= 0.3 is 18.1 Å². The number of carbonyl (C=O) groups is 2. The lowest BCUT2D eigenvalue weighted by Gasteiger charge is -2.14. The maximum atomic E-state index is 13.1. The molecule has 0 aliphatic heterocycles. The molecule has 23 heavy (non-hydrogen) atoms. The quantitative estimate of drug-likeness (QED) is 0.788. The fourth-order valence-corrected chi connectivity index (χ4v) is 1.83. The van der Waals surface area contributed by atoms with E-state index in [4.69, 9.17) is 15.9 Å². The van der Waals surface area contributed by atoms with Crippen molar-refractivity contribution < 1.29 is 33.0 Å². The van der Waals surface area contributed by atoms with Crippen molar-refractivity contribution in [2.75, 3.05) is 5.73 Å². The molecule has 0 radical (unpaired) electrons. The fraction of sp³-hybridized carbons (Fsp3) is 0.0769. The summed E-state index contributed by atoms with van der Waals surface area (Å²) in [5.74, 6) is -3.06. The van der Waals surface area contributed by atoms with E-state index in [1.54, 1.807) is 0 Å². The standard InChI is InChI=1S/C13H8F3N3O4/c14-13(15,16)6-4-7(17)10(12(22)23)19-9(6)5-1-2-18-8(3-5)11(20)21/h1-4H,17H2,(H,20,21)(H,22,23). The highest BCUT2D eigenvalue weighted by molar-refractivity contribution is 5.93. The Balaban J connectivity index is 2.78. The number of anilines is 1. The number of pyridine rings is 2. The van der Waals surface area contributed by atoms with Crippen LogP contribution < -0.4 is 5.73 Å². The fourth-order valence-electron chi connectivity index (χ4n) is 1.83. The molecule has 0 saturated heterocycles. The Morgan fingerprint density at radius 2 is 1.78 bits per heavy atom. The van der Waals surface area contributed by atoms with Crippen LogP contribution in [0.25, 0.3) is 11.3 Å². The number of carboxylic acid groups (broad SMARTS) is 2. The predicted octanol–water partition coefficient (Wildman–Crippen LogP) is 2.14. The zero-order chi connectivity index (χ0) is 17.4. The second-order valence-corrected chi connectivity index (χ2v) is 4.36. The third-order valence-corrected chi connectivity index (χ3v) is 2.81. The van der Waals surface area contributed by atoms with Gasteiger partial charge in [0.1, 0.15) is 5.69 Å². The molecule has 2 heterocycles. The molecule has 0 unspecified atom stereocenters. The van der Waals surface area contributed by atoms with Crippen LogP contribution in [0.1, 0.15) is 26.5 Å². The molecule has 120 valence electrons.